The summed E-state index contributed by atoms with van der Waals surface area (Å²) in [6.45, 7) is 0.605. The summed E-state index contributed by atoms with van der Waals surface area (Å²) in [5.74, 6) is 0. The van der Waals surface area contributed by atoms with Gasteiger partial charge in [0.25, 0.3) is 5.56 Å². The number of aliphatic hydroxyl groups is 2. The summed E-state index contributed by atoms with van der Waals surface area (Å²) in [5, 5.41) is 23.2. The largest absolute Gasteiger partial charge is 0.390 e. The Balaban J connectivity index is 2.30. The van der Waals surface area contributed by atoms with Crippen molar-refractivity contribution in [3.63, 3.8) is 0 Å². The van der Waals surface area contributed by atoms with E-state index in [1.807, 2.05) is 0 Å². The highest BCUT2D eigenvalue weighted by Crippen LogP contribution is 2.21. The van der Waals surface area contributed by atoms with Crippen LogP contribution in [0, 0.1) is 0 Å². The van der Waals surface area contributed by atoms with E-state index in [1.165, 1.54) is 6.33 Å². The van der Waals surface area contributed by atoms with Crippen LogP contribution in [-0.4, -0.2) is 39.9 Å². The molecule has 0 aliphatic heterocycles. The Bertz CT molecular complexity index is 611. The fraction of sp³-hybridized carbons (Fsp3) is 0.385. The number of hydrogen-bond donors (Lipinski definition) is 4. The van der Waals surface area contributed by atoms with Crippen LogP contribution in [0.1, 0.15) is 18.1 Å². The van der Waals surface area contributed by atoms with Gasteiger partial charge in [-0.2, -0.15) is 0 Å². The van der Waals surface area contributed by atoms with Gasteiger partial charge in [-0.3, -0.25) is 4.79 Å². The lowest BCUT2D eigenvalue weighted by Gasteiger charge is -2.18. The van der Waals surface area contributed by atoms with Crippen LogP contribution in [0.2, 0.25) is 0 Å². The molecule has 1 aromatic carbocycles. The number of aliphatic hydroxyl groups excluding tert-OH is 2. The van der Waals surface area contributed by atoms with Crippen molar-refractivity contribution in [1.29, 1.82) is 0 Å². The molecule has 1 heterocycles. The zero-order valence-corrected chi connectivity index (χ0v) is 10.6. The van der Waals surface area contributed by atoms with E-state index in [0.29, 0.717) is 29.4 Å². The average molecular weight is 263 g/mol. The van der Waals surface area contributed by atoms with Crippen molar-refractivity contribution in [2.75, 3.05) is 13.6 Å². The van der Waals surface area contributed by atoms with Gasteiger partial charge in [0.1, 0.15) is 6.10 Å². The van der Waals surface area contributed by atoms with Gasteiger partial charge in [0.2, 0.25) is 0 Å². The molecule has 6 nitrogen and oxygen atoms in total. The van der Waals surface area contributed by atoms with Crippen molar-refractivity contribution in [3.05, 3.63) is 40.4 Å². The molecule has 0 bridgehead atoms. The second-order valence-corrected chi connectivity index (χ2v) is 4.41. The molecule has 0 saturated carbocycles. The second-order valence-electron chi connectivity index (χ2n) is 4.41. The number of H-pyrrole nitrogens is 1. The first-order valence-electron chi connectivity index (χ1n) is 6.11. The molecule has 0 amide bonds. The number of aromatic nitrogens is 2. The van der Waals surface area contributed by atoms with E-state index < -0.39 is 12.2 Å². The highest BCUT2D eigenvalue weighted by atomic mass is 16.3. The van der Waals surface area contributed by atoms with E-state index >= 15 is 0 Å². The summed E-state index contributed by atoms with van der Waals surface area (Å²) in [5.41, 5.74) is 0.808. The van der Waals surface area contributed by atoms with Gasteiger partial charge in [-0.05, 0) is 37.7 Å². The number of nitrogens with one attached hydrogen (secondary N) is 2. The third kappa shape index (κ3) is 2.98. The Morgan fingerprint density at radius 2 is 2.21 bits per heavy atom. The standard InChI is InChI=1S/C13H17N3O3/c1-14-5-4-11(17)12(18)8-2-3-10-9(6-8)13(19)16-7-15-10/h2-3,6-7,11-12,14,17-18H,4-5H2,1H3,(H,15,16,19). The Kier molecular flexibility index (Phi) is 4.26. The summed E-state index contributed by atoms with van der Waals surface area (Å²) in [6, 6.07) is 4.89. The molecule has 2 atom stereocenters. The van der Waals surface area contributed by atoms with Crippen molar-refractivity contribution in [2.24, 2.45) is 0 Å². The molecule has 4 N–H and O–H groups in total. The van der Waals surface area contributed by atoms with Crippen LogP contribution in [-0.2, 0) is 0 Å². The zero-order valence-electron chi connectivity index (χ0n) is 10.6. The SMILES string of the molecule is CNCCC(O)C(O)c1ccc2nc[nH]c(=O)c2c1. The molecule has 0 spiro atoms. The van der Waals surface area contributed by atoms with Crippen LogP contribution >= 0.6 is 0 Å². The van der Waals surface area contributed by atoms with Gasteiger partial charge in [0, 0.05) is 0 Å². The third-order valence-electron chi connectivity index (χ3n) is 3.06. The summed E-state index contributed by atoms with van der Waals surface area (Å²) >= 11 is 0. The normalized spacial score (nSPS) is 14.5. The molecule has 2 rings (SSSR count). The molecule has 0 saturated heterocycles. The third-order valence-corrected chi connectivity index (χ3v) is 3.06. The van der Waals surface area contributed by atoms with Gasteiger partial charge in [-0.25, -0.2) is 4.98 Å². The Morgan fingerprint density at radius 1 is 1.42 bits per heavy atom. The van der Waals surface area contributed by atoms with Crippen LogP contribution < -0.4 is 10.9 Å². The molecule has 1 aromatic heterocycles. The molecule has 6 heteroatoms. The van der Waals surface area contributed by atoms with Crippen molar-refractivity contribution in [1.82, 2.24) is 15.3 Å². The van der Waals surface area contributed by atoms with Gasteiger partial charge in [0.15, 0.2) is 0 Å². The maximum absolute atomic E-state index is 11.6. The number of hydrogen-bond acceptors (Lipinski definition) is 5. The smallest absolute Gasteiger partial charge is 0.258 e. The molecule has 2 aromatic rings. The van der Waals surface area contributed by atoms with Gasteiger partial charge in [0.05, 0.1) is 23.3 Å². The van der Waals surface area contributed by atoms with E-state index in [9.17, 15) is 15.0 Å². The highest BCUT2D eigenvalue weighted by molar-refractivity contribution is 5.77. The summed E-state index contributed by atoms with van der Waals surface area (Å²) < 4.78 is 0. The highest BCUT2D eigenvalue weighted by Gasteiger charge is 2.18. The summed E-state index contributed by atoms with van der Waals surface area (Å²) in [6.07, 6.45) is -0.125. The molecule has 0 fully saturated rings. The van der Waals surface area contributed by atoms with Crippen molar-refractivity contribution in [2.45, 2.75) is 18.6 Å². The van der Waals surface area contributed by atoms with E-state index in [-0.39, 0.29) is 5.56 Å². The topological polar surface area (TPSA) is 98.2 Å². The maximum atomic E-state index is 11.6. The number of benzene rings is 1. The monoisotopic (exact) mass is 263 g/mol. The summed E-state index contributed by atoms with van der Waals surface area (Å²) in [4.78, 5) is 18.2. The minimum absolute atomic E-state index is 0.260. The zero-order chi connectivity index (χ0) is 13.8. The molecule has 19 heavy (non-hydrogen) atoms. The Labute approximate surface area is 110 Å². The first-order valence-corrected chi connectivity index (χ1v) is 6.11. The molecule has 0 radical (unpaired) electrons. The maximum Gasteiger partial charge on any atom is 0.258 e. The van der Waals surface area contributed by atoms with E-state index in [1.54, 1.807) is 25.2 Å². The first-order chi connectivity index (χ1) is 9.13. The van der Waals surface area contributed by atoms with E-state index in [4.69, 9.17) is 0 Å². The molecule has 102 valence electrons. The lowest BCUT2D eigenvalue weighted by molar-refractivity contribution is 0.0141. The van der Waals surface area contributed by atoms with Crippen molar-refractivity contribution in [3.8, 4) is 0 Å². The summed E-state index contributed by atoms with van der Waals surface area (Å²) in [7, 11) is 1.78. The fourth-order valence-corrected chi connectivity index (χ4v) is 1.94. The van der Waals surface area contributed by atoms with Crippen LogP contribution in [0.5, 0.6) is 0 Å². The van der Waals surface area contributed by atoms with E-state index in [2.05, 4.69) is 15.3 Å². The van der Waals surface area contributed by atoms with Crippen LogP contribution in [0.4, 0.5) is 0 Å². The van der Waals surface area contributed by atoms with Gasteiger partial charge in [-0.1, -0.05) is 6.07 Å². The molecular formula is C13H17N3O3. The average Bonchev–Trinajstić information content (AvgIpc) is 2.44. The van der Waals surface area contributed by atoms with Crippen molar-refractivity contribution >= 4 is 10.9 Å². The van der Waals surface area contributed by atoms with Gasteiger partial charge < -0.3 is 20.5 Å². The lowest BCUT2D eigenvalue weighted by atomic mass is 10.0. The second kappa shape index (κ2) is 5.92. The molecular weight excluding hydrogens is 246 g/mol. The minimum Gasteiger partial charge on any atom is -0.390 e. The number of fused-ring (bicyclic) bond motifs is 1. The molecule has 0 aliphatic carbocycles. The predicted octanol–water partition coefficient (Wildman–Crippen LogP) is -0.0731. The van der Waals surface area contributed by atoms with Crippen LogP contribution in [0.15, 0.2) is 29.3 Å². The number of rotatable bonds is 5. The quantitative estimate of drug-likeness (QED) is 0.605. The van der Waals surface area contributed by atoms with Crippen LogP contribution in [0.25, 0.3) is 10.9 Å². The van der Waals surface area contributed by atoms with Gasteiger partial charge >= 0.3 is 0 Å². The predicted molar refractivity (Wildman–Crippen MR) is 71.9 cm³/mol. The molecule has 0 aliphatic rings. The van der Waals surface area contributed by atoms with Crippen LogP contribution in [0.3, 0.4) is 0 Å². The Hall–Kier alpha value is -1.76. The molecule has 2 unspecified atom stereocenters. The fourth-order valence-electron chi connectivity index (χ4n) is 1.94. The van der Waals surface area contributed by atoms with E-state index in [0.717, 1.165) is 0 Å². The van der Waals surface area contributed by atoms with Crippen molar-refractivity contribution < 1.29 is 10.2 Å². The van der Waals surface area contributed by atoms with Gasteiger partial charge in [-0.15, -0.1) is 0 Å². The Morgan fingerprint density at radius 3 is 2.95 bits per heavy atom. The first kappa shape index (κ1) is 13.7. The number of aromatic amines is 1. The lowest BCUT2D eigenvalue weighted by Crippen LogP contribution is -2.23. The minimum atomic E-state index is -1.02. The number of nitrogens with zero attached hydrogens (tertiary/aromatic N) is 1.